The van der Waals surface area contributed by atoms with Crippen molar-refractivity contribution in [1.82, 2.24) is 14.5 Å². The van der Waals surface area contributed by atoms with Gasteiger partial charge in [0.05, 0.1) is 35.0 Å². The number of methoxy groups -OCH3 is 1. The highest BCUT2D eigenvalue weighted by atomic mass is 35.5. The van der Waals surface area contributed by atoms with E-state index in [1.807, 2.05) is 16.1 Å². The SMILES string of the molecule is COc1cc(Cl)cc(C(=O)Nc2ccc(Cl)cn2)c1NC(=O)c1scc(Cn2ccnc2C(C)C)c1Cl. The molecule has 4 rings (SSSR count). The van der Waals surface area contributed by atoms with E-state index < -0.39 is 11.8 Å². The Morgan fingerprint density at radius 1 is 1.08 bits per heavy atom. The van der Waals surface area contributed by atoms with Gasteiger partial charge in [0.15, 0.2) is 0 Å². The van der Waals surface area contributed by atoms with Gasteiger partial charge in [-0.25, -0.2) is 9.97 Å². The van der Waals surface area contributed by atoms with Gasteiger partial charge in [-0.15, -0.1) is 11.3 Å². The fourth-order valence-corrected chi connectivity index (χ4v) is 5.20. The van der Waals surface area contributed by atoms with Crippen LogP contribution >= 0.6 is 46.1 Å². The molecule has 12 heteroatoms. The van der Waals surface area contributed by atoms with Crippen LogP contribution in [0.1, 0.15) is 51.2 Å². The number of thiophene rings is 1. The van der Waals surface area contributed by atoms with Gasteiger partial charge < -0.3 is 19.9 Å². The van der Waals surface area contributed by atoms with Crippen LogP contribution in [0.5, 0.6) is 5.75 Å². The summed E-state index contributed by atoms with van der Waals surface area (Å²) in [4.78, 5) is 35.2. The molecule has 37 heavy (non-hydrogen) atoms. The molecule has 0 saturated heterocycles. The molecule has 2 amide bonds. The molecular formula is C25H22Cl3N5O3S. The number of ether oxygens (including phenoxy) is 1. The van der Waals surface area contributed by atoms with Crippen LogP contribution in [0.15, 0.2) is 48.2 Å². The van der Waals surface area contributed by atoms with E-state index in [-0.39, 0.29) is 33.8 Å². The van der Waals surface area contributed by atoms with Gasteiger partial charge >= 0.3 is 0 Å². The van der Waals surface area contributed by atoms with Crippen molar-refractivity contribution in [2.45, 2.75) is 26.3 Å². The Hall–Kier alpha value is -3.11. The lowest BCUT2D eigenvalue weighted by Crippen LogP contribution is -2.19. The molecule has 1 aromatic carbocycles. The van der Waals surface area contributed by atoms with Gasteiger partial charge in [0.2, 0.25) is 0 Å². The standard InChI is InChI=1S/C25H22Cl3N5O3S/c1-13(2)23-29-6-7-33(23)11-14-12-37-22(20(14)28)25(35)32-21-17(8-16(27)9-18(21)36-3)24(34)31-19-5-4-15(26)10-30-19/h4-10,12-13H,11H2,1-3H3,(H,32,35)(H,30,31,34). The number of hydrogen-bond acceptors (Lipinski definition) is 6. The van der Waals surface area contributed by atoms with Crippen molar-refractivity contribution in [3.05, 3.63) is 85.1 Å². The number of halogens is 3. The topological polar surface area (TPSA) is 98.1 Å². The molecule has 0 aliphatic carbocycles. The second-order valence-corrected chi connectivity index (χ2v) is 10.4. The van der Waals surface area contributed by atoms with E-state index in [2.05, 4.69) is 34.4 Å². The van der Waals surface area contributed by atoms with Crippen LogP contribution in [0, 0.1) is 0 Å². The monoisotopic (exact) mass is 577 g/mol. The van der Waals surface area contributed by atoms with Crippen LogP contribution in [0.25, 0.3) is 0 Å². The summed E-state index contributed by atoms with van der Waals surface area (Å²) in [5.74, 6) is 0.602. The van der Waals surface area contributed by atoms with E-state index in [1.165, 1.54) is 36.8 Å². The molecule has 0 radical (unpaired) electrons. The maximum Gasteiger partial charge on any atom is 0.267 e. The van der Waals surface area contributed by atoms with Crippen LogP contribution < -0.4 is 15.4 Å². The molecular weight excluding hydrogens is 557 g/mol. The summed E-state index contributed by atoms with van der Waals surface area (Å²) < 4.78 is 7.40. The summed E-state index contributed by atoms with van der Waals surface area (Å²) in [5.41, 5.74) is 1.01. The number of carbonyl (C=O) groups excluding carboxylic acids is 2. The molecule has 0 unspecified atom stereocenters. The van der Waals surface area contributed by atoms with E-state index in [1.54, 1.807) is 18.3 Å². The number of hydrogen-bond donors (Lipinski definition) is 2. The van der Waals surface area contributed by atoms with Crippen molar-refractivity contribution in [3.8, 4) is 5.75 Å². The van der Waals surface area contributed by atoms with E-state index in [0.717, 1.165) is 11.4 Å². The van der Waals surface area contributed by atoms with Crippen molar-refractivity contribution in [2.24, 2.45) is 0 Å². The first-order chi connectivity index (χ1) is 17.7. The number of anilines is 2. The summed E-state index contributed by atoms with van der Waals surface area (Å²) in [7, 11) is 1.41. The van der Waals surface area contributed by atoms with Gasteiger partial charge in [0.1, 0.15) is 22.3 Å². The van der Waals surface area contributed by atoms with Gasteiger partial charge in [0.25, 0.3) is 11.8 Å². The van der Waals surface area contributed by atoms with Gasteiger partial charge in [0, 0.05) is 41.2 Å². The van der Waals surface area contributed by atoms with E-state index in [0.29, 0.717) is 21.5 Å². The number of amides is 2. The van der Waals surface area contributed by atoms with Crippen LogP contribution in [0.4, 0.5) is 11.5 Å². The van der Waals surface area contributed by atoms with E-state index >= 15 is 0 Å². The van der Waals surface area contributed by atoms with Gasteiger partial charge in [-0.2, -0.15) is 0 Å². The smallest absolute Gasteiger partial charge is 0.267 e. The summed E-state index contributed by atoms with van der Waals surface area (Å²) in [6.07, 6.45) is 5.02. The van der Waals surface area contributed by atoms with Crippen LogP contribution in [-0.4, -0.2) is 33.5 Å². The van der Waals surface area contributed by atoms with Crippen molar-refractivity contribution < 1.29 is 14.3 Å². The zero-order valence-corrected chi connectivity index (χ0v) is 23.1. The normalized spacial score (nSPS) is 11.0. The number of aromatic nitrogens is 3. The minimum atomic E-state index is -0.551. The van der Waals surface area contributed by atoms with E-state index in [9.17, 15) is 9.59 Å². The van der Waals surface area contributed by atoms with Crippen LogP contribution in [0.3, 0.4) is 0 Å². The van der Waals surface area contributed by atoms with Crippen molar-refractivity contribution in [1.29, 1.82) is 0 Å². The van der Waals surface area contributed by atoms with Gasteiger partial charge in [-0.1, -0.05) is 48.7 Å². The quantitative estimate of drug-likeness (QED) is 0.235. The van der Waals surface area contributed by atoms with Crippen LogP contribution in [-0.2, 0) is 6.54 Å². The highest BCUT2D eigenvalue weighted by Crippen LogP contribution is 2.35. The molecule has 3 heterocycles. The molecule has 3 aromatic heterocycles. The number of nitrogens with zero attached hydrogens (tertiary/aromatic N) is 3. The predicted octanol–water partition coefficient (Wildman–Crippen LogP) is 6.98. The molecule has 2 N–H and O–H groups in total. The largest absolute Gasteiger partial charge is 0.494 e. The Morgan fingerprint density at radius 2 is 1.86 bits per heavy atom. The highest BCUT2D eigenvalue weighted by Gasteiger charge is 2.24. The first-order valence-corrected chi connectivity index (χ1v) is 13.1. The third kappa shape index (κ3) is 6.07. The number of imidazole rings is 1. The average molecular weight is 579 g/mol. The fourth-order valence-electron chi connectivity index (χ4n) is 3.63. The Kier molecular flexibility index (Phi) is 8.39. The maximum absolute atomic E-state index is 13.3. The Bertz CT molecular complexity index is 1450. The minimum absolute atomic E-state index is 0.0855. The van der Waals surface area contributed by atoms with Crippen molar-refractivity contribution in [2.75, 3.05) is 17.7 Å². The third-order valence-electron chi connectivity index (χ3n) is 5.35. The second-order valence-electron chi connectivity index (χ2n) is 8.27. The summed E-state index contributed by atoms with van der Waals surface area (Å²) in [6, 6.07) is 6.08. The molecule has 8 nitrogen and oxygen atoms in total. The third-order valence-corrected chi connectivity index (χ3v) is 7.36. The predicted molar refractivity (Wildman–Crippen MR) is 148 cm³/mol. The Labute approximate surface area is 232 Å². The number of pyridine rings is 1. The van der Waals surface area contributed by atoms with Crippen LogP contribution in [0.2, 0.25) is 15.1 Å². The molecule has 4 aromatic rings. The van der Waals surface area contributed by atoms with Crippen molar-refractivity contribution in [3.63, 3.8) is 0 Å². The Balaban J connectivity index is 1.61. The number of nitrogens with one attached hydrogen (secondary N) is 2. The lowest BCUT2D eigenvalue weighted by molar-refractivity contribution is 0.102. The Morgan fingerprint density at radius 3 is 2.54 bits per heavy atom. The molecule has 0 spiro atoms. The highest BCUT2D eigenvalue weighted by molar-refractivity contribution is 7.13. The molecule has 0 atom stereocenters. The molecule has 192 valence electrons. The zero-order valence-electron chi connectivity index (χ0n) is 20.0. The lowest BCUT2D eigenvalue weighted by Gasteiger charge is -2.15. The minimum Gasteiger partial charge on any atom is -0.494 e. The lowest BCUT2D eigenvalue weighted by atomic mass is 10.1. The summed E-state index contributed by atoms with van der Waals surface area (Å²) in [5, 5.41) is 8.28. The average Bonchev–Trinajstić information content (AvgIpc) is 3.48. The first kappa shape index (κ1) is 26.9. The fraction of sp³-hybridized carbons (Fsp3) is 0.200. The summed E-state index contributed by atoms with van der Waals surface area (Å²) >= 11 is 19.9. The van der Waals surface area contributed by atoms with Gasteiger partial charge in [-0.3, -0.25) is 9.59 Å². The number of carbonyl (C=O) groups is 2. The second kappa shape index (κ2) is 11.5. The van der Waals surface area contributed by atoms with Gasteiger partial charge in [-0.05, 0) is 23.6 Å². The first-order valence-electron chi connectivity index (χ1n) is 11.1. The number of benzene rings is 1. The van der Waals surface area contributed by atoms with Crippen molar-refractivity contribution >= 4 is 69.5 Å². The number of rotatable bonds is 8. The molecule has 0 saturated carbocycles. The summed E-state index contributed by atoms with van der Waals surface area (Å²) in [6.45, 7) is 4.59. The van der Waals surface area contributed by atoms with E-state index in [4.69, 9.17) is 39.5 Å². The molecule has 0 bridgehead atoms. The molecule has 0 aliphatic heterocycles. The molecule has 0 fully saturated rings. The molecule has 0 aliphatic rings. The zero-order chi connectivity index (χ0) is 26.7. The maximum atomic E-state index is 13.3.